The van der Waals surface area contributed by atoms with Gasteiger partial charge < -0.3 is 23.6 Å². The van der Waals surface area contributed by atoms with E-state index in [1.807, 2.05) is 61.7 Å². The SMILES string of the molecule is COC(=O)CCCCN1C(=O)[C@@]2(O[C@@H](CCn3cc(C(CO)c4ccccc4)nn3)[C@H]([Si](C)(C)F)[C@H]2C)c2cc(Br)ccc21. The number of aryl methyl sites for hydroxylation is 1. The number of amides is 1. The van der Waals surface area contributed by atoms with Gasteiger partial charge in [-0.3, -0.25) is 14.3 Å². The molecule has 1 saturated heterocycles. The molecule has 0 bridgehead atoms. The van der Waals surface area contributed by atoms with Crippen LogP contribution in [0.3, 0.4) is 0 Å². The van der Waals surface area contributed by atoms with Crippen LogP contribution < -0.4 is 4.90 Å². The lowest BCUT2D eigenvalue weighted by atomic mass is 9.82. The number of carbonyl (C=O) groups excluding carboxylic acids is 2. The Hall–Kier alpha value is -2.93. The maximum atomic E-state index is 16.2. The van der Waals surface area contributed by atoms with Crippen LogP contribution in [-0.2, 0) is 31.2 Å². The summed E-state index contributed by atoms with van der Waals surface area (Å²) in [7, 11) is -1.95. The Morgan fingerprint density at radius 2 is 1.95 bits per heavy atom. The zero-order valence-electron chi connectivity index (χ0n) is 25.6. The number of unbranched alkanes of at least 4 members (excludes halogenated alkanes) is 1. The molecule has 3 heterocycles. The lowest BCUT2D eigenvalue weighted by Gasteiger charge is -2.31. The third-order valence-corrected chi connectivity index (χ3v) is 12.1. The maximum absolute atomic E-state index is 16.2. The molecule has 1 spiro atoms. The number of benzene rings is 2. The molecular weight excluding hydrogens is 647 g/mol. The van der Waals surface area contributed by atoms with E-state index in [1.165, 1.54) is 7.11 Å². The van der Waals surface area contributed by atoms with Crippen LogP contribution in [0.15, 0.2) is 59.2 Å². The molecule has 5 rings (SSSR count). The molecule has 12 heteroatoms. The number of halogens is 2. The number of methoxy groups -OCH3 is 1. The van der Waals surface area contributed by atoms with Crippen molar-refractivity contribution in [3.8, 4) is 0 Å². The van der Waals surface area contributed by atoms with Crippen molar-refractivity contribution in [2.75, 3.05) is 25.2 Å². The Morgan fingerprint density at radius 3 is 2.64 bits per heavy atom. The number of anilines is 1. The minimum Gasteiger partial charge on any atom is -0.469 e. The van der Waals surface area contributed by atoms with E-state index in [4.69, 9.17) is 9.47 Å². The van der Waals surface area contributed by atoms with Crippen molar-refractivity contribution in [2.45, 2.75) is 75.4 Å². The molecule has 0 aliphatic carbocycles. The predicted molar refractivity (Wildman–Crippen MR) is 170 cm³/mol. The number of aromatic nitrogens is 3. The third-order valence-electron chi connectivity index (χ3n) is 9.10. The first-order valence-corrected chi connectivity index (χ1v) is 18.9. The topological polar surface area (TPSA) is 107 Å². The molecule has 9 nitrogen and oxygen atoms in total. The normalized spacial score (nSPS) is 23.8. The van der Waals surface area contributed by atoms with E-state index in [-0.39, 0.29) is 30.8 Å². The number of fused-ring (bicyclic) bond motifs is 2. The molecule has 5 atom stereocenters. The molecule has 1 aromatic heterocycles. The Labute approximate surface area is 267 Å². The van der Waals surface area contributed by atoms with Gasteiger partial charge in [-0.05, 0) is 56.1 Å². The van der Waals surface area contributed by atoms with Crippen molar-refractivity contribution < 1.29 is 28.3 Å². The number of rotatable bonds is 12. The lowest BCUT2D eigenvalue weighted by molar-refractivity contribution is -0.146. The Kier molecular flexibility index (Phi) is 9.74. The Morgan fingerprint density at radius 1 is 1.20 bits per heavy atom. The molecule has 3 aromatic rings. The summed E-state index contributed by atoms with van der Waals surface area (Å²) in [6.07, 6.45) is 3.24. The number of hydrogen-bond donors (Lipinski definition) is 1. The minimum absolute atomic E-state index is 0.103. The van der Waals surface area contributed by atoms with Gasteiger partial charge in [-0.1, -0.05) is 58.4 Å². The van der Waals surface area contributed by atoms with Gasteiger partial charge in [0.25, 0.3) is 5.91 Å². The fraction of sp³-hybridized carbons (Fsp3) is 0.500. The van der Waals surface area contributed by atoms with Gasteiger partial charge in [-0.2, -0.15) is 0 Å². The van der Waals surface area contributed by atoms with Gasteiger partial charge in [0.15, 0.2) is 5.60 Å². The first-order valence-electron chi connectivity index (χ1n) is 15.1. The second kappa shape index (κ2) is 13.2. The molecule has 1 fully saturated rings. The number of aliphatic hydroxyl groups excluding tert-OH is 1. The summed E-state index contributed by atoms with van der Waals surface area (Å²) in [5.41, 5.74) is 1.37. The monoisotopic (exact) mass is 686 g/mol. The highest BCUT2D eigenvalue weighted by Gasteiger charge is 2.66. The number of ether oxygens (including phenoxy) is 2. The van der Waals surface area contributed by atoms with Gasteiger partial charge in [0.1, 0.15) is 0 Å². The van der Waals surface area contributed by atoms with E-state index in [9.17, 15) is 14.7 Å². The van der Waals surface area contributed by atoms with Crippen LogP contribution in [0.5, 0.6) is 0 Å². The summed E-state index contributed by atoms with van der Waals surface area (Å²) in [6, 6.07) is 15.4. The molecule has 0 saturated carbocycles. The second-order valence-electron chi connectivity index (χ2n) is 12.3. The van der Waals surface area contributed by atoms with Crippen LogP contribution in [0.4, 0.5) is 9.80 Å². The van der Waals surface area contributed by atoms with E-state index >= 15 is 4.11 Å². The zero-order valence-corrected chi connectivity index (χ0v) is 28.2. The number of carbonyl (C=O) groups is 2. The summed E-state index contributed by atoms with van der Waals surface area (Å²) in [4.78, 5) is 27.7. The van der Waals surface area contributed by atoms with Crippen molar-refractivity contribution in [2.24, 2.45) is 5.92 Å². The molecule has 1 amide bonds. The number of esters is 1. The summed E-state index contributed by atoms with van der Waals surface area (Å²) < 4.78 is 30.3. The van der Waals surface area contributed by atoms with Gasteiger partial charge in [0, 0.05) is 47.2 Å². The van der Waals surface area contributed by atoms with E-state index < -0.39 is 31.6 Å². The molecule has 236 valence electrons. The Balaban J connectivity index is 1.39. The van der Waals surface area contributed by atoms with Crippen LogP contribution in [-0.4, -0.2) is 66.7 Å². The van der Waals surface area contributed by atoms with Crippen LogP contribution in [0.1, 0.15) is 55.3 Å². The summed E-state index contributed by atoms with van der Waals surface area (Å²) in [6.45, 7) is 6.06. The van der Waals surface area contributed by atoms with Crippen molar-refractivity contribution in [3.63, 3.8) is 0 Å². The minimum atomic E-state index is -3.32. The average Bonchev–Trinajstić information content (AvgIpc) is 3.65. The van der Waals surface area contributed by atoms with Crippen molar-refractivity contribution in [1.82, 2.24) is 15.0 Å². The van der Waals surface area contributed by atoms with Crippen molar-refractivity contribution in [1.29, 1.82) is 0 Å². The van der Waals surface area contributed by atoms with E-state index in [0.29, 0.717) is 38.0 Å². The zero-order chi connectivity index (χ0) is 31.6. The van der Waals surface area contributed by atoms with Crippen molar-refractivity contribution >= 4 is 41.9 Å². The number of aliphatic hydroxyl groups is 1. The van der Waals surface area contributed by atoms with E-state index in [0.717, 1.165) is 21.3 Å². The molecule has 44 heavy (non-hydrogen) atoms. The first kappa shape index (κ1) is 32.5. The molecule has 2 aromatic carbocycles. The van der Waals surface area contributed by atoms with Gasteiger partial charge in [-0.25, -0.2) is 0 Å². The number of hydrogen-bond acceptors (Lipinski definition) is 7. The van der Waals surface area contributed by atoms with Gasteiger partial charge >= 0.3 is 5.97 Å². The van der Waals surface area contributed by atoms with E-state index in [1.54, 1.807) is 22.7 Å². The predicted octanol–water partition coefficient (Wildman–Crippen LogP) is 5.72. The lowest BCUT2D eigenvalue weighted by Crippen LogP contribution is -2.45. The second-order valence-corrected chi connectivity index (χ2v) is 17.0. The van der Waals surface area contributed by atoms with Crippen LogP contribution >= 0.6 is 15.9 Å². The fourth-order valence-electron chi connectivity index (χ4n) is 7.05. The Bertz CT molecular complexity index is 1480. The summed E-state index contributed by atoms with van der Waals surface area (Å²) in [5.74, 6) is -1.16. The van der Waals surface area contributed by atoms with Crippen LogP contribution in [0, 0.1) is 5.92 Å². The quantitative estimate of drug-likeness (QED) is 0.112. The first-order chi connectivity index (χ1) is 21.0. The standard InChI is InChI=1S/C32H40BrFN4O5Si/c1-21-30(44(3,4)34)28(15-17-37-19-26(35-36-37)24(20-39)22-10-6-5-7-11-22)43-32(21)25-18-23(33)13-14-27(25)38(31(32)41)16-9-8-12-29(40)42-2/h5-7,10-11,13-14,18-19,21,24,28,30,39H,8-9,12,15-17,20H2,1-4H3/t21-,24?,28+,30-,32+/m1/s1. The van der Waals surface area contributed by atoms with E-state index in [2.05, 4.69) is 26.2 Å². The summed E-state index contributed by atoms with van der Waals surface area (Å²) >= 11 is 3.57. The third kappa shape index (κ3) is 6.13. The molecular formula is C32H40BrFN4O5Si. The van der Waals surface area contributed by atoms with Gasteiger partial charge in [0.2, 0.25) is 8.41 Å². The molecule has 2 aliphatic heterocycles. The van der Waals surface area contributed by atoms with Gasteiger partial charge in [-0.15, -0.1) is 5.10 Å². The average molecular weight is 688 g/mol. The van der Waals surface area contributed by atoms with Crippen LogP contribution in [0.25, 0.3) is 0 Å². The fourth-order valence-corrected chi connectivity index (χ4v) is 9.95. The molecule has 2 aliphatic rings. The maximum Gasteiger partial charge on any atom is 0.305 e. The van der Waals surface area contributed by atoms with Gasteiger partial charge in [0.05, 0.1) is 37.1 Å². The highest BCUT2D eigenvalue weighted by molar-refractivity contribution is 9.10. The summed E-state index contributed by atoms with van der Waals surface area (Å²) in [5, 5.41) is 18.7. The molecule has 1 unspecified atom stereocenters. The highest BCUT2D eigenvalue weighted by atomic mass is 79.9. The van der Waals surface area contributed by atoms with Crippen LogP contribution in [0.2, 0.25) is 18.6 Å². The largest absolute Gasteiger partial charge is 0.469 e. The highest BCUT2D eigenvalue weighted by Crippen LogP contribution is 2.60. The molecule has 1 N–H and O–H groups in total. The molecule has 0 radical (unpaired) electrons. The smallest absolute Gasteiger partial charge is 0.305 e. The number of nitrogens with zero attached hydrogens (tertiary/aromatic N) is 4. The van der Waals surface area contributed by atoms with Crippen molar-refractivity contribution in [3.05, 3.63) is 76.0 Å².